The maximum absolute atomic E-state index is 12.8. The number of amides is 2. The van der Waals surface area contributed by atoms with Crippen molar-refractivity contribution in [2.75, 3.05) is 0 Å². The number of hydrogen-bond acceptors (Lipinski definition) is 4. The molecular weight excluding hydrogens is 366 g/mol. The van der Waals surface area contributed by atoms with E-state index in [-0.39, 0.29) is 24.3 Å². The lowest BCUT2D eigenvalue weighted by Crippen LogP contribution is -2.49. The van der Waals surface area contributed by atoms with Crippen LogP contribution in [0.1, 0.15) is 35.3 Å². The van der Waals surface area contributed by atoms with Gasteiger partial charge in [0.1, 0.15) is 6.04 Å². The Bertz CT molecular complexity index is 965. The molecule has 0 aliphatic heterocycles. The van der Waals surface area contributed by atoms with Gasteiger partial charge in [0, 0.05) is 36.3 Å². The number of aromatic nitrogens is 3. The van der Waals surface area contributed by atoms with E-state index in [1.807, 2.05) is 51.1 Å². The molecule has 0 radical (unpaired) electrons. The minimum Gasteiger partial charge on any atom is -0.350 e. The number of pyridine rings is 1. The van der Waals surface area contributed by atoms with Gasteiger partial charge in [0.15, 0.2) is 5.82 Å². The van der Waals surface area contributed by atoms with E-state index in [9.17, 15) is 9.59 Å². The van der Waals surface area contributed by atoms with Crippen molar-refractivity contribution >= 4 is 11.8 Å². The predicted molar refractivity (Wildman–Crippen MR) is 110 cm³/mol. The van der Waals surface area contributed by atoms with Crippen LogP contribution in [0.3, 0.4) is 0 Å². The molecule has 29 heavy (non-hydrogen) atoms. The average molecular weight is 391 g/mol. The minimum atomic E-state index is -0.645. The fraction of sp³-hybridized carbons (Fsp3) is 0.273. The second-order valence-corrected chi connectivity index (χ2v) is 7.22. The van der Waals surface area contributed by atoms with Gasteiger partial charge in [-0.2, -0.15) is 5.10 Å². The normalized spacial score (nSPS) is 11.9. The molecule has 0 aliphatic carbocycles. The van der Waals surface area contributed by atoms with Gasteiger partial charge in [-0.25, -0.2) is 9.67 Å². The largest absolute Gasteiger partial charge is 0.350 e. The molecule has 0 saturated carbocycles. The first kappa shape index (κ1) is 20.3. The van der Waals surface area contributed by atoms with E-state index >= 15 is 0 Å². The number of nitrogens with zero attached hydrogens (tertiary/aromatic N) is 3. The van der Waals surface area contributed by atoms with Gasteiger partial charge < -0.3 is 10.6 Å². The summed E-state index contributed by atoms with van der Waals surface area (Å²) in [7, 11) is 0. The van der Waals surface area contributed by atoms with Crippen molar-refractivity contribution in [2.45, 2.75) is 33.4 Å². The summed E-state index contributed by atoms with van der Waals surface area (Å²) in [6.45, 7) is 6.05. The van der Waals surface area contributed by atoms with Crippen molar-refractivity contribution in [2.24, 2.45) is 5.92 Å². The molecule has 0 fully saturated rings. The molecule has 150 valence electrons. The van der Waals surface area contributed by atoms with Gasteiger partial charge >= 0.3 is 0 Å². The fourth-order valence-electron chi connectivity index (χ4n) is 2.93. The maximum atomic E-state index is 12.8. The van der Waals surface area contributed by atoms with E-state index in [4.69, 9.17) is 0 Å². The zero-order valence-electron chi connectivity index (χ0n) is 16.8. The molecule has 0 aliphatic rings. The van der Waals surface area contributed by atoms with E-state index in [1.54, 1.807) is 35.4 Å². The van der Waals surface area contributed by atoms with E-state index < -0.39 is 6.04 Å². The lowest BCUT2D eigenvalue weighted by atomic mass is 10.0. The summed E-state index contributed by atoms with van der Waals surface area (Å²) in [5.41, 5.74) is 2.43. The van der Waals surface area contributed by atoms with Crippen LogP contribution < -0.4 is 10.6 Å². The zero-order valence-corrected chi connectivity index (χ0v) is 16.8. The highest BCUT2D eigenvalue weighted by molar-refractivity contribution is 5.97. The molecule has 7 heteroatoms. The van der Waals surface area contributed by atoms with Crippen molar-refractivity contribution in [3.8, 4) is 5.82 Å². The van der Waals surface area contributed by atoms with Crippen molar-refractivity contribution in [3.05, 3.63) is 77.7 Å². The van der Waals surface area contributed by atoms with E-state index in [0.717, 1.165) is 11.1 Å². The molecule has 3 aromatic rings. The summed E-state index contributed by atoms with van der Waals surface area (Å²) in [6, 6.07) is 12.1. The van der Waals surface area contributed by atoms with Gasteiger partial charge in [0.2, 0.25) is 5.91 Å². The van der Waals surface area contributed by atoms with Crippen molar-refractivity contribution in [1.82, 2.24) is 25.4 Å². The topological polar surface area (TPSA) is 88.9 Å². The highest BCUT2D eigenvalue weighted by Gasteiger charge is 2.24. The third kappa shape index (κ3) is 5.07. The Morgan fingerprint density at radius 2 is 1.83 bits per heavy atom. The first-order valence-electron chi connectivity index (χ1n) is 9.55. The SMILES string of the molecule is Cc1ccc(C(=O)NC(C(=O)NCc2cccnc2-n2cccn2)C(C)C)cc1. The van der Waals surface area contributed by atoms with Crippen LogP contribution in [0.15, 0.2) is 61.1 Å². The smallest absolute Gasteiger partial charge is 0.251 e. The molecule has 0 spiro atoms. The van der Waals surface area contributed by atoms with Crippen molar-refractivity contribution in [1.29, 1.82) is 0 Å². The summed E-state index contributed by atoms with van der Waals surface area (Å²) < 4.78 is 1.65. The van der Waals surface area contributed by atoms with Gasteiger partial charge in [-0.05, 0) is 37.1 Å². The maximum Gasteiger partial charge on any atom is 0.251 e. The Morgan fingerprint density at radius 1 is 1.07 bits per heavy atom. The molecule has 1 aromatic carbocycles. The standard InChI is InChI=1S/C22H25N5O2/c1-15(2)19(26-21(28)17-9-7-16(3)8-10-17)22(29)24-14-18-6-4-11-23-20(18)27-13-5-12-25-27/h4-13,15,19H,14H2,1-3H3,(H,24,29)(H,26,28). The Balaban J connectivity index is 1.68. The first-order valence-corrected chi connectivity index (χ1v) is 9.55. The van der Waals surface area contributed by atoms with Gasteiger partial charge in [-0.1, -0.05) is 37.6 Å². The molecular formula is C22H25N5O2. The number of aryl methyl sites for hydroxylation is 1. The van der Waals surface area contributed by atoms with Crippen LogP contribution in [-0.4, -0.2) is 32.6 Å². The summed E-state index contributed by atoms with van der Waals surface area (Å²) >= 11 is 0. The molecule has 2 amide bonds. The number of carbonyl (C=O) groups is 2. The fourth-order valence-corrected chi connectivity index (χ4v) is 2.93. The Labute approximate surface area is 170 Å². The third-order valence-electron chi connectivity index (χ3n) is 4.59. The first-order chi connectivity index (χ1) is 14.0. The second kappa shape index (κ2) is 9.14. The van der Waals surface area contributed by atoms with Crippen LogP contribution in [0.25, 0.3) is 5.82 Å². The second-order valence-electron chi connectivity index (χ2n) is 7.22. The number of benzene rings is 1. The summed E-state index contributed by atoms with van der Waals surface area (Å²) in [5, 5.41) is 9.96. The lowest BCUT2D eigenvalue weighted by molar-refractivity contribution is -0.124. The molecule has 2 aromatic heterocycles. The predicted octanol–water partition coefficient (Wildman–Crippen LogP) is 2.65. The number of carbonyl (C=O) groups excluding carboxylic acids is 2. The van der Waals surface area contributed by atoms with Crippen molar-refractivity contribution in [3.63, 3.8) is 0 Å². The highest BCUT2D eigenvalue weighted by Crippen LogP contribution is 2.11. The molecule has 3 rings (SSSR count). The molecule has 1 atom stereocenters. The van der Waals surface area contributed by atoms with Gasteiger partial charge in [-0.15, -0.1) is 0 Å². The number of hydrogen-bond donors (Lipinski definition) is 2. The van der Waals surface area contributed by atoms with E-state index in [2.05, 4.69) is 20.7 Å². The quantitative estimate of drug-likeness (QED) is 0.648. The molecule has 1 unspecified atom stereocenters. The summed E-state index contributed by atoms with van der Waals surface area (Å²) in [4.78, 5) is 29.7. The van der Waals surface area contributed by atoms with Gasteiger partial charge in [-0.3, -0.25) is 9.59 Å². The number of rotatable bonds is 7. The van der Waals surface area contributed by atoms with Crippen LogP contribution >= 0.6 is 0 Å². The van der Waals surface area contributed by atoms with Crippen molar-refractivity contribution < 1.29 is 9.59 Å². The summed E-state index contributed by atoms with van der Waals surface area (Å²) in [6.07, 6.45) is 5.15. The van der Waals surface area contributed by atoms with Gasteiger partial charge in [0.05, 0.1) is 0 Å². The van der Waals surface area contributed by atoms with Crippen LogP contribution in [-0.2, 0) is 11.3 Å². The van der Waals surface area contributed by atoms with Gasteiger partial charge in [0.25, 0.3) is 5.91 Å². The molecule has 0 saturated heterocycles. The molecule has 2 N–H and O–H groups in total. The van der Waals surface area contributed by atoms with Crippen LogP contribution in [0.5, 0.6) is 0 Å². The van der Waals surface area contributed by atoms with E-state index in [0.29, 0.717) is 11.4 Å². The Kier molecular flexibility index (Phi) is 6.39. The Morgan fingerprint density at radius 3 is 2.48 bits per heavy atom. The number of nitrogens with one attached hydrogen (secondary N) is 2. The average Bonchev–Trinajstić information content (AvgIpc) is 3.25. The molecule has 0 bridgehead atoms. The summed E-state index contributed by atoms with van der Waals surface area (Å²) in [5.74, 6) is 0.0830. The molecule has 7 nitrogen and oxygen atoms in total. The minimum absolute atomic E-state index is 0.0658. The highest BCUT2D eigenvalue weighted by atomic mass is 16.2. The zero-order chi connectivity index (χ0) is 20.8. The Hall–Kier alpha value is -3.48. The molecule has 2 heterocycles. The van der Waals surface area contributed by atoms with Crippen LogP contribution in [0, 0.1) is 12.8 Å². The monoisotopic (exact) mass is 391 g/mol. The third-order valence-corrected chi connectivity index (χ3v) is 4.59. The van der Waals surface area contributed by atoms with E-state index in [1.165, 1.54) is 0 Å². The lowest BCUT2D eigenvalue weighted by Gasteiger charge is -2.22. The van der Waals surface area contributed by atoms with Crippen LogP contribution in [0.2, 0.25) is 0 Å². The van der Waals surface area contributed by atoms with Crippen LogP contribution in [0.4, 0.5) is 0 Å².